The normalized spacial score (nSPS) is 13.1. The summed E-state index contributed by atoms with van der Waals surface area (Å²) in [6, 6.07) is 10.6. The Morgan fingerprint density at radius 2 is 1.88 bits per heavy atom. The van der Waals surface area contributed by atoms with E-state index in [1.54, 1.807) is 0 Å². The molecule has 1 atom stereocenters. The maximum absolute atomic E-state index is 2.33. The topological polar surface area (TPSA) is 0 Å². The number of allylic oxidation sites excluding steroid dienone is 1. The first-order chi connectivity index (χ1) is 7.86. The van der Waals surface area contributed by atoms with E-state index in [4.69, 9.17) is 0 Å². The molecule has 0 aliphatic heterocycles. The molecule has 0 nitrogen and oxygen atoms in total. The van der Waals surface area contributed by atoms with Gasteiger partial charge in [0.15, 0.2) is 0 Å². The Labute approximate surface area is 100 Å². The summed E-state index contributed by atoms with van der Waals surface area (Å²) in [7, 11) is 0. The fourth-order valence-electron chi connectivity index (χ4n) is 1.94. The van der Waals surface area contributed by atoms with Crippen LogP contribution >= 0.6 is 0 Å². The molecule has 0 saturated carbocycles. The minimum atomic E-state index is 0.875. The van der Waals surface area contributed by atoms with Crippen molar-refractivity contribution >= 4 is 6.08 Å². The highest BCUT2D eigenvalue weighted by Gasteiger charge is 2.02. The van der Waals surface area contributed by atoms with Crippen molar-refractivity contribution in [1.29, 1.82) is 0 Å². The van der Waals surface area contributed by atoms with Gasteiger partial charge in [0, 0.05) is 0 Å². The zero-order valence-electron chi connectivity index (χ0n) is 10.7. The molecule has 0 saturated heterocycles. The molecule has 0 heterocycles. The fraction of sp³-hybridized carbons (Fsp3) is 0.500. The van der Waals surface area contributed by atoms with Crippen molar-refractivity contribution < 1.29 is 0 Å². The smallest absolute Gasteiger partial charge is 0.0260 e. The lowest BCUT2D eigenvalue weighted by atomic mass is 9.95. The molecule has 16 heavy (non-hydrogen) atoms. The Morgan fingerprint density at radius 3 is 2.50 bits per heavy atom. The summed E-state index contributed by atoms with van der Waals surface area (Å²) in [5, 5.41) is 0. The second-order valence-electron chi connectivity index (χ2n) is 4.47. The lowest BCUT2D eigenvalue weighted by Crippen LogP contribution is -1.96. The van der Waals surface area contributed by atoms with Gasteiger partial charge < -0.3 is 0 Å². The quantitative estimate of drug-likeness (QED) is 0.579. The van der Waals surface area contributed by atoms with Crippen LogP contribution in [0.4, 0.5) is 0 Å². The molecule has 0 spiro atoms. The van der Waals surface area contributed by atoms with E-state index in [1.807, 2.05) is 0 Å². The lowest BCUT2D eigenvalue weighted by Gasteiger charge is -2.11. The van der Waals surface area contributed by atoms with Gasteiger partial charge in [-0.2, -0.15) is 0 Å². The predicted molar refractivity (Wildman–Crippen MR) is 73.4 cm³/mol. The predicted octanol–water partition coefficient (Wildman–Crippen LogP) is 5.31. The zero-order chi connectivity index (χ0) is 11.6. The molecule has 1 rings (SSSR count). The highest BCUT2D eigenvalue weighted by molar-refractivity contribution is 5.48. The molecule has 0 bridgehead atoms. The van der Waals surface area contributed by atoms with E-state index >= 15 is 0 Å². The first kappa shape index (κ1) is 13.0. The second-order valence-corrected chi connectivity index (χ2v) is 4.47. The van der Waals surface area contributed by atoms with Crippen LogP contribution < -0.4 is 0 Å². The summed E-state index contributed by atoms with van der Waals surface area (Å²) in [6.45, 7) is 4.57. The molecule has 0 aliphatic rings. The van der Waals surface area contributed by atoms with Crippen molar-refractivity contribution in [2.45, 2.75) is 46.0 Å². The standard InChI is InChI=1S/C16H24/c1-3-5-10-15(4-2)13-9-14-16-11-7-6-8-12-16/h6-9,11-12,14-15H,3-5,10,13H2,1-2H3. The van der Waals surface area contributed by atoms with Gasteiger partial charge in [-0.1, -0.05) is 82.0 Å². The van der Waals surface area contributed by atoms with Crippen LogP contribution in [0.25, 0.3) is 6.08 Å². The SMILES string of the molecule is CCCCC(CC)CC=Cc1ccccc1. The summed E-state index contributed by atoms with van der Waals surface area (Å²) < 4.78 is 0. The molecular formula is C16H24. The van der Waals surface area contributed by atoms with Gasteiger partial charge in [-0.15, -0.1) is 0 Å². The van der Waals surface area contributed by atoms with Gasteiger partial charge in [-0.25, -0.2) is 0 Å². The van der Waals surface area contributed by atoms with E-state index in [0.29, 0.717) is 0 Å². The summed E-state index contributed by atoms with van der Waals surface area (Å²) in [6.07, 6.45) is 11.2. The van der Waals surface area contributed by atoms with Gasteiger partial charge in [0.25, 0.3) is 0 Å². The number of benzene rings is 1. The molecule has 0 fully saturated rings. The van der Waals surface area contributed by atoms with Crippen molar-refractivity contribution in [1.82, 2.24) is 0 Å². The van der Waals surface area contributed by atoms with Gasteiger partial charge in [0.2, 0.25) is 0 Å². The average Bonchev–Trinajstić information content (AvgIpc) is 2.35. The van der Waals surface area contributed by atoms with Crippen LogP contribution in [0.1, 0.15) is 51.5 Å². The lowest BCUT2D eigenvalue weighted by molar-refractivity contribution is 0.457. The van der Waals surface area contributed by atoms with Gasteiger partial charge in [0.05, 0.1) is 0 Å². The summed E-state index contributed by atoms with van der Waals surface area (Å²) in [4.78, 5) is 0. The molecule has 88 valence electrons. The van der Waals surface area contributed by atoms with E-state index in [2.05, 4.69) is 56.3 Å². The van der Waals surface area contributed by atoms with Crippen molar-refractivity contribution in [3.63, 3.8) is 0 Å². The van der Waals surface area contributed by atoms with Gasteiger partial charge >= 0.3 is 0 Å². The third-order valence-corrected chi connectivity index (χ3v) is 3.12. The van der Waals surface area contributed by atoms with Crippen LogP contribution in [-0.4, -0.2) is 0 Å². The van der Waals surface area contributed by atoms with Crippen molar-refractivity contribution in [3.8, 4) is 0 Å². The number of unbranched alkanes of at least 4 members (excludes halogenated alkanes) is 1. The van der Waals surface area contributed by atoms with Crippen LogP contribution in [0.3, 0.4) is 0 Å². The number of hydrogen-bond donors (Lipinski definition) is 0. The Kier molecular flexibility index (Phi) is 6.64. The van der Waals surface area contributed by atoms with Gasteiger partial charge in [-0.3, -0.25) is 0 Å². The van der Waals surface area contributed by atoms with Crippen LogP contribution in [0.2, 0.25) is 0 Å². The van der Waals surface area contributed by atoms with E-state index in [0.717, 1.165) is 5.92 Å². The zero-order valence-corrected chi connectivity index (χ0v) is 10.7. The van der Waals surface area contributed by atoms with Gasteiger partial charge in [0.1, 0.15) is 0 Å². The minimum Gasteiger partial charge on any atom is -0.0837 e. The first-order valence-electron chi connectivity index (χ1n) is 6.58. The maximum atomic E-state index is 2.33. The maximum Gasteiger partial charge on any atom is -0.0260 e. The Hall–Kier alpha value is -1.04. The molecule has 1 aromatic carbocycles. The van der Waals surface area contributed by atoms with Crippen LogP contribution in [0.15, 0.2) is 36.4 Å². The summed E-state index contributed by atoms with van der Waals surface area (Å²) >= 11 is 0. The van der Waals surface area contributed by atoms with E-state index < -0.39 is 0 Å². The Bertz CT molecular complexity index is 284. The van der Waals surface area contributed by atoms with Crippen LogP contribution in [0, 0.1) is 5.92 Å². The molecule has 0 amide bonds. The van der Waals surface area contributed by atoms with Gasteiger partial charge in [-0.05, 0) is 17.9 Å². The molecule has 0 aromatic heterocycles. The van der Waals surface area contributed by atoms with E-state index in [9.17, 15) is 0 Å². The van der Waals surface area contributed by atoms with Crippen LogP contribution in [-0.2, 0) is 0 Å². The first-order valence-corrected chi connectivity index (χ1v) is 6.58. The molecule has 0 radical (unpaired) electrons. The summed E-state index contributed by atoms with van der Waals surface area (Å²) in [5.41, 5.74) is 1.31. The minimum absolute atomic E-state index is 0.875. The second kappa shape index (κ2) is 8.15. The highest BCUT2D eigenvalue weighted by Crippen LogP contribution is 2.17. The largest absolute Gasteiger partial charge is 0.0837 e. The molecule has 0 heteroatoms. The van der Waals surface area contributed by atoms with E-state index in [1.165, 1.54) is 37.7 Å². The Morgan fingerprint density at radius 1 is 1.12 bits per heavy atom. The van der Waals surface area contributed by atoms with Crippen molar-refractivity contribution in [3.05, 3.63) is 42.0 Å². The third kappa shape index (κ3) is 5.16. The molecule has 0 N–H and O–H groups in total. The molecule has 1 aromatic rings. The molecule has 1 unspecified atom stereocenters. The van der Waals surface area contributed by atoms with E-state index in [-0.39, 0.29) is 0 Å². The molecular weight excluding hydrogens is 192 g/mol. The van der Waals surface area contributed by atoms with Crippen LogP contribution in [0.5, 0.6) is 0 Å². The monoisotopic (exact) mass is 216 g/mol. The number of rotatable bonds is 7. The Balaban J connectivity index is 2.34. The van der Waals surface area contributed by atoms with Crippen molar-refractivity contribution in [2.24, 2.45) is 5.92 Å². The van der Waals surface area contributed by atoms with Crippen molar-refractivity contribution in [2.75, 3.05) is 0 Å². The fourth-order valence-corrected chi connectivity index (χ4v) is 1.94. The number of hydrogen-bond acceptors (Lipinski definition) is 0. The average molecular weight is 216 g/mol. The third-order valence-electron chi connectivity index (χ3n) is 3.12. The summed E-state index contributed by atoms with van der Waals surface area (Å²) in [5.74, 6) is 0.875. The molecule has 0 aliphatic carbocycles. The highest BCUT2D eigenvalue weighted by atomic mass is 14.1.